The molecule has 0 saturated carbocycles. The van der Waals surface area contributed by atoms with Crippen molar-refractivity contribution in [2.45, 2.75) is 39.7 Å². The Kier molecular flexibility index (Phi) is 4.99. The topological polar surface area (TPSA) is 29.5 Å². The molecule has 0 aromatic heterocycles. The van der Waals surface area contributed by atoms with Gasteiger partial charge in [-0.2, -0.15) is 0 Å². The number of likely N-dealkylation sites (N-methyl/N-ethyl adjacent to an activating group) is 1. The average Bonchev–Trinajstić information content (AvgIpc) is 2.01. The zero-order chi connectivity index (χ0) is 10.5. The third-order valence-electron chi connectivity index (χ3n) is 1.95. The lowest BCUT2D eigenvalue weighted by Gasteiger charge is -2.31. The molecule has 0 aliphatic carbocycles. The van der Waals surface area contributed by atoms with Crippen LogP contribution in [0.4, 0.5) is 0 Å². The molecule has 0 spiro atoms. The van der Waals surface area contributed by atoms with Gasteiger partial charge in [-0.15, -0.1) is 0 Å². The Hall–Kier alpha value is -0.570. The molecule has 0 unspecified atom stereocenters. The van der Waals surface area contributed by atoms with Gasteiger partial charge in [0.05, 0.1) is 0 Å². The second kappa shape index (κ2) is 5.22. The molecule has 3 heteroatoms. The van der Waals surface area contributed by atoms with Gasteiger partial charge in [-0.05, 0) is 27.2 Å². The van der Waals surface area contributed by atoms with Gasteiger partial charge < -0.3 is 9.64 Å². The van der Waals surface area contributed by atoms with Gasteiger partial charge in [0.25, 0.3) is 0 Å². The van der Waals surface area contributed by atoms with Crippen LogP contribution in [0.3, 0.4) is 0 Å². The van der Waals surface area contributed by atoms with Crippen molar-refractivity contribution in [3.8, 4) is 0 Å². The van der Waals surface area contributed by atoms with Crippen LogP contribution in [0.15, 0.2) is 0 Å². The molecule has 0 radical (unpaired) electrons. The molecule has 0 heterocycles. The lowest BCUT2D eigenvalue weighted by Crippen LogP contribution is -2.44. The van der Waals surface area contributed by atoms with Gasteiger partial charge in [0.1, 0.15) is 6.61 Å². The maximum absolute atomic E-state index is 11.5. The lowest BCUT2D eigenvalue weighted by molar-refractivity contribution is -0.139. The minimum atomic E-state index is -0.118. The molecule has 0 saturated heterocycles. The minimum Gasteiger partial charge on any atom is -0.372 e. The molecule has 0 fully saturated rings. The number of nitrogens with zero attached hydrogens (tertiary/aromatic N) is 1. The molecule has 78 valence electrons. The maximum Gasteiger partial charge on any atom is 0.248 e. The van der Waals surface area contributed by atoms with E-state index in [0.717, 1.165) is 6.42 Å². The second-order valence-electron chi connectivity index (χ2n) is 4.18. The van der Waals surface area contributed by atoms with Crippen LogP contribution < -0.4 is 0 Å². The highest BCUT2D eigenvalue weighted by Gasteiger charge is 2.21. The van der Waals surface area contributed by atoms with Gasteiger partial charge >= 0.3 is 0 Å². The van der Waals surface area contributed by atoms with E-state index in [1.165, 1.54) is 0 Å². The number of rotatable bonds is 4. The first kappa shape index (κ1) is 12.4. The van der Waals surface area contributed by atoms with Crippen molar-refractivity contribution in [1.82, 2.24) is 4.90 Å². The number of amides is 1. The summed E-state index contributed by atoms with van der Waals surface area (Å²) in [7, 11) is 1.80. The summed E-state index contributed by atoms with van der Waals surface area (Å²) in [4.78, 5) is 13.2. The van der Waals surface area contributed by atoms with Crippen LogP contribution in [-0.4, -0.2) is 36.6 Å². The third kappa shape index (κ3) is 4.88. The van der Waals surface area contributed by atoms with Crippen molar-refractivity contribution < 1.29 is 9.53 Å². The summed E-state index contributed by atoms with van der Waals surface area (Å²) in [5.41, 5.74) is -0.118. The van der Waals surface area contributed by atoms with E-state index in [4.69, 9.17) is 4.74 Å². The predicted molar refractivity (Wildman–Crippen MR) is 53.6 cm³/mol. The monoisotopic (exact) mass is 187 g/mol. The molecule has 0 atom stereocenters. The summed E-state index contributed by atoms with van der Waals surface area (Å²) < 4.78 is 5.17. The summed E-state index contributed by atoms with van der Waals surface area (Å²) in [6.45, 7) is 8.89. The fourth-order valence-electron chi connectivity index (χ4n) is 0.775. The van der Waals surface area contributed by atoms with Crippen LogP contribution in [0.1, 0.15) is 34.1 Å². The van der Waals surface area contributed by atoms with E-state index in [2.05, 4.69) is 0 Å². The van der Waals surface area contributed by atoms with E-state index in [-0.39, 0.29) is 18.1 Å². The Bertz CT molecular complexity index is 161. The molecule has 0 aromatic rings. The summed E-state index contributed by atoms with van der Waals surface area (Å²) in [6.07, 6.45) is 0.951. The SMILES string of the molecule is CCCOCC(=O)N(C)C(C)(C)C. The van der Waals surface area contributed by atoms with Crippen molar-refractivity contribution in [1.29, 1.82) is 0 Å². The quantitative estimate of drug-likeness (QED) is 0.627. The zero-order valence-corrected chi connectivity index (χ0v) is 9.39. The number of carbonyl (C=O) groups excluding carboxylic acids is 1. The summed E-state index contributed by atoms with van der Waals surface area (Å²) in [5.74, 6) is 0.0425. The van der Waals surface area contributed by atoms with E-state index in [1.54, 1.807) is 11.9 Å². The Balaban J connectivity index is 3.84. The largest absolute Gasteiger partial charge is 0.372 e. The molecular formula is C10H21NO2. The molecule has 13 heavy (non-hydrogen) atoms. The number of carbonyl (C=O) groups is 1. The Morgan fingerprint density at radius 3 is 2.31 bits per heavy atom. The zero-order valence-electron chi connectivity index (χ0n) is 9.39. The van der Waals surface area contributed by atoms with Crippen LogP contribution in [0.5, 0.6) is 0 Å². The number of hydrogen-bond donors (Lipinski definition) is 0. The third-order valence-corrected chi connectivity index (χ3v) is 1.95. The molecule has 0 bridgehead atoms. The number of hydrogen-bond acceptors (Lipinski definition) is 2. The first-order valence-electron chi connectivity index (χ1n) is 4.74. The first-order valence-corrected chi connectivity index (χ1v) is 4.74. The van der Waals surface area contributed by atoms with Gasteiger partial charge in [0.2, 0.25) is 5.91 Å². The standard InChI is InChI=1S/C10H21NO2/c1-6-7-13-8-9(12)11(5)10(2,3)4/h6-8H2,1-5H3. The van der Waals surface area contributed by atoms with Gasteiger partial charge in [-0.25, -0.2) is 0 Å². The van der Waals surface area contributed by atoms with Crippen LogP contribution in [0, 0.1) is 0 Å². The van der Waals surface area contributed by atoms with Crippen LogP contribution in [0.2, 0.25) is 0 Å². The first-order chi connectivity index (χ1) is 5.89. The average molecular weight is 187 g/mol. The highest BCUT2D eigenvalue weighted by Crippen LogP contribution is 2.10. The second-order valence-corrected chi connectivity index (χ2v) is 4.18. The molecular weight excluding hydrogens is 166 g/mol. The fourth-order valence-corrected chi connectivity index (χ4v) is 0.775. The molecule has 0 aliphatic rings. The smallest absolute Gasteiger partial charge is 0.248 e. The summed E-state index contributed by atoms with van der Waals surface area (Å²) >= 11 is 0. The van der Waals surface area contributed by atoms with Crippen molar-refractivity contribution in [2.24, 2.45) is 0 Å². The molecule has 1 amide bonds. The van der Waals surface area contributed by atoms with E-state index in [9.17, 15) is 4.79 Å². The fraction of sp³-hybridized carbons (Fsp3) is 0.900. The normalized spacial score (nSPS) is 11.5. The van der Waals surface area contributed by atoms with Crippen molar-refractivity contribution >= 4 is 5.91 Å². The summed E-state index contributed by atoms with van der Waals surface area (Å²) in [5, 5.41) is 0. The highest BCUT2D eigenvalue weighted by atomic mass is 16.5. The van der Waals surface area contributed by atoms with Crippen LogP contribution in [0.25, 0.3) is 0 Å². The molecule has 0 aliphatic heterocycles. The van der Waals surface area contributed by atoms with Crippen molar-refractivity contribution in [2.75, 3.05) is 20.3 Å². The minimum absolute atomic E-state index is 0.0425. The van der Waals surface area contributed by atoms with Crippen molar-refractivity contribution in [3.63, 3.8) is 0 Å². The van der Waals surface area contributed by atoms with Gasteiger partial charge in [0, 0.05) is 19.2 Å². The van der Waals surface area contributed by atoms with Crippen molar-refractivity contribution in [3.05, 3.63) is 0 Å². The molecule has 3 nitrogen and oxygen atoms in total. The van der Waals surface area contributed by atoms with E-state index in [0.29, 0.717) is 6.61 Å². The highest BCUT2D eigenvalue weighted by molar-refractivity contribution is 5.77. The Morgan fingerprint density at radius 2 is 1.92 bits per heavy atom. The molecule has 0 N–H and O–H groups in total. The van der Waals surface area contributed by atoms with E-state index in [1.807, 2.05) is 27.7 Å². The summed E-state index contributed by atoms with van der Waals surface area (Å²) in [6, 6.07) is 0. The van der Waals surface area contributed by atoms with E-state index >= 15 is 0 Å². The molecule has 0 rings (SSSR count). The van der Waals surface area contributed by atoms with Gasteiger partial charge in [-0.1, -0.05) is 6.92 Å². The van der Waals surface area contributed by atoms with Gasteiger partial charge in [-0.3, -0.25) is 4.79 Å². The lowest BCUT2D eigenvalue weighted by atomic mass is 10.1. The van der Waals surface area contributed by atoms with E-state index < -0.39 is 0 Å². The number of ether oxygens (including phenoxy) is 1. The van der Waals surface area contributed by atoms with Gasteiger partial charge in [0.15, 0.2) is 0 Å². The maximum atomic E-state index is 11.5. The van der Waals surface area contributed by atoms with Crippen LogP contribution >= 0.6 is 0 Å². The predicted octanol–water partition coefficient (Wildman–Crippen LogP) is 1.67. The van der Waals surface area contributed by atoms with Crippen LogP contribution in [-0.2, 0) is 9.53 Å². The molecule has 0 aromatic carbocycles. The Morgan fingerprint density at radius 1 is 1.38 bits per heavy atom. The Labute approximate surface area is 81.1 Å².